The van der Waals surface area contributed by atoms with Gasteiger partial charge in [-0.25, -0.2) is 0 Å². The van der Waals surface area contributed by atoms with Crippen LogP contribution in [-0.4, -0.2) is 45.6 Å². The number of nitrogens with one attached hydrogen (secondary N) is 1. The van der Waals surface area contributed by atoms with Gasteiger partial charge in [-0.3, -0.25) is 9.59 Å². The van der Waals surface area contributed by atoms with E-state index in [1.165, 1.54) is 6.21 Å². The predicted molar refractivity (Wildman–Crippen MR) is 92.5 cm³/mol. The van der Waals surface area contributed by atoms with Gasteiger partial charge in [0.15, 0.2) is 5.17 Å². The number of ether oxygens (including phenoxy) is 1. The second-order valence-electron chi connectivity index (χ2n) is 4.45. The Bertz CT molecular complexity index is 651. The molecule has 0 bridgehead atoms. The molecule has 1 aromatic carbocycles. The quantitative estimate of drug-likeness (QED) is 0.414. The highest BCUT2D eigenvalue weighted by Gasteiger charge is 2.32. The van der Waals surface area contributed by atoms with E-state index in [0.29, 0.717) is 11.8 Å². The molecule has 2 N–H and O–H groups in total. The summed E-state index contributed by atoms with van der Waals surface area (Å²) >= 11 is 4.35. The van der Waals surface area contributed by atoms with Crippen molar-refractivity contribution in [3.63, 3.8) is 0 Å². The molecule has 1 aliphatic rings. The number of hydrogen-bond acceptors (Lipinski definition) is 6. The van der Waals surface area contributed by atoms with Crippen LogP contribution in [0.3, 0.4) is 0 Å². The number of carbonyl (C=O) groups excluding carboxylic acids is 1. The summed E-state index contributed by atoms with van der Waals surface area (Å²) in [4.78, 5) is 22.2. The van der Waals surface area contributed by atoms with E-state index < -0.39 is 11.2 Å². The summed E-state index contributed by atoms with van der Waals surface area (Å²) in [6.45, 7) is 0.566. The Labute approximate surface area is 145 Å². The van der Waals surface area contributed by atoms with Crippen LogP contribution in [0.15, 0.2) is 34.5 Å². The summed E-state index contributed by atoms with van der Waals surface area (Å²) in [7, 11) is 0. The lowest BCUT2D eigenvalue weighted by Crippen LogP contribution is -2.26. The number of amides is 1. The highest BCUT2D eigenvalue weighted by atomic mass is 79.9. The van der Waals surface area contributed by atoms with Crippen molar-refractivity contribution in [2.45, 2.75) is 11.7 Å². The van der Waals surface area contributed by atoms with Crippen LogP contribution in [-0.2, 0) is 9.59 Å². The Hall–Kier alpha value is -1.87. The van der Waals surface area contributed by atoms with E-state index in [9.17, 15) is 9.59 Å². The summed E-state index contributed by atoms with van der Waals surface area (Å²) in [6, 6.07) is 7.35. The van der Waals surface area contributed by atoms with Gasteiger partial charge in [0, 0.05) is 5.33 Å². The van der Waals surface area contributed by atoms with Gasteiger partial charge in [-0.15, -0.1) is 5.10 Å². The first-order chi connectivity index (χ1) is 11.1. The van der Waals surface area contributed by atoms with Crippen LogP contribution in [0.2, 0.25) is 0 Å². The zero-order chi connectivity index (χ0) is 16.7. The summed E-state index contributed by atoms with van der Waals surface area (Å²) < 4.78 is 5.48. The van der Waals surface area contributed by atoms with Gasteiger partial charge in [0.1, 0.15) is 11.0 Å². The molecule has 1 heterocycles. The summed E-state index contributed by atoms with van der Waals surface area (Å²) in [5.41, 5.74) is 0.804. The molecule has 1 aromatic rings. The van der Waals surface area contributed by atoms with E-state index >= 15 is 0 Å². The highest BCUT2D eigenvalue weighted by Crippen LogP contribution is 2.22. The molecule has 1 fully saturated rings. The maximum atomic E-state index is 11.6. The number of carboxylic acids is 1. The molecule has 9 heteroatoms. The fraction of sp³-hybridized carbons (Fsp3) is 0.286. The lowest BCUT2D eigenvalue weighted by molar-refractivity contribution is -0.138. The molecule has 23 heavy (non-hydrogen) atoms. The first-order valence-corrected chi connectivity index (χ1v) is 8.68. The third-order valence-corrected chi connectivity index (χ3v) is 4.09. The van der Waals surface area contributed by atoms with Crippen molar-refractivity contribution in [1.29, 1.82) is 0 Å². The molecule has 0 radical (unpaired) electrons. The maximum Gasteiger partial charge on any atom is 0.305 e. The van der Waals surface area contributed by atoms with E-state index in [2.05, 4.69) is 31.4 Å². The van der Waals surface area contributed by atoms with Crippen LogP contribution < -0.4 is 10.1 Å². The van der Waals surface area contributed by atoms with Crippen LogP contribution >= 0.6 is 27.7 Å². The average Bonchev–Trinajstić information content (AvgIpc) is 2.85. The maximum absolute atomic E-state index is 11.6. The second-order valence-corrected chi connectivity index (χ2v) is 6.44. The zero-order valence-corrected chi connectivity index (χ0v) is 14.3. The Kier molecular flexibility index (Phi) is 6.60. The van der Waals surface area contributed by atoms with Gasteiger partial charge < -0.3 is 15.2 Å². The van der Waals surface area contributed by atoms with E-state index in [4.69, 9.17) is 9.84 Å². The number of amidine groups is 1. The molecule has 1 saturated heterocycles. The predicted octanol–water partition coefficient (Wildman–Crippen LogP) is 1.86. The molecule has 122 valence electrons. The minimum Gasteiger partial charge on any atom is -0.493 e. The average molecular weight is 400 g/mol. The Morgan fingerprint density at radius 1 is 1.52 bits per heavy atom. The van der Waals surface area contributed by atoms with Crippen LogP contribution in [0.25, 0.3) is 0 Å². The van der Waals surface area contributed by atoms with Crippen LogP contribution in [0.1, 0.15) is 12.0 Å². The molecule has 0 saturated carbocycles. The van der Waals surface area contributed by atoms with Crippen LogP contribution in [0, 0.1) is 0 Å². The number of aliphatic carboxylic acids is 1. The number of benzene rings is 1. The molecule has 2 rings (SSSR count). The van der Waals surface area contributed by atoms with E-state index in [1.807, 2.05) is 24.3 Å². The van der Waals surface area contributed by atoms with Crippen molar-refractivity contribution in [2.75, 3.05) is 11.9 Å². The van der Waals surface area contributed by atoms with Crippen molar-refractivity contribution in [3.05, 3.63) is 29.8 Å². The molecule has 0 aliphatic carbocycles. The van der Waals surface area contributed by atoms with Crippen molar-refractivity contribution >= 4 is 51.0 Å². The molecular formula is C14H14BrN3O4S. The number of rotatable bonds is 7. The zero-order valence-electron chi connectivity index (χ0n) is 11.9. The Balaban J connectivity index is 1.96. The minimum atomic E-state index is -1.03. The lowest BCUT2D eigenvalue weighted by Gasteiger charge is -2.03. The first kappa shape index (κ1) is 17.5. The van der Waals surface area contributed by atoms with E-state index in [0.717, 1.165) is 28.4 Å². The lowest BCUT2D eigenvalue weighted by atomic mass is 10.2. The first-order valence-electron chi connectivity index (χ1n) is 6.67. The fourth-order valence-corrected chi connectivity index (χ4v) is 2.81. The third-order valence-electron chi connectivity index (χ3n) is 2.70. The number of carbonyl (C=O) groups is 2. The van der Waals surface area contributed by atoms with Gasteiger partial charge in [0.25, 0.3) is 0 Å². The molecule has 1 unspecified atom stereocenters. The molecular weight excluding hydrogens is 386 g/mol. The normalized spacial score (nSPS) is 19.3. The van der Waals surface area contributed by atoms with Gasteiger partial charge in [-0.1, -0.05) is 39.8 Å². The molecule has 1 aliphatic heterocycles. The number of hydrogen-bond donors (Lipinski definition) is 2. The van der Waals surface area contributed by atoms with Crippen molar-refractivity contribution in [1.82, 2.24) is 5.32 Å². The SMILES string of the molecule is O=C(O)CC1SC(=NN=Cc2cccc(OCCBr)c2)NC1=O. The van der Waals surface area contributed by atoms with Crippen LogP contribution in [0.5, 0.6) is 5.75 Å². The third kappa shape index (κ3) is 5.68. The Morgan fingerprint density at radius 2 is 2.35 bits per heavy atom. The number of nitrogens with zero attached hydrogens (tertiary/aromatic N) is 2. The van der Waals surface area contributed by atoms with Crippen molar-refractivity contribution < 1.29 is 19.4 Å². The summed E-state index contributed by atoms with van der Waals surface area (Å²) in [6.07, 6.45) is 1.29. The molecule has 1 atom stereocenters. The summed E-state index contributed by atoms with van der Waals surface area (Å²) in [5.74, 6) is -0.662. The summed E-state index contributed by atoms with van der Waals surface area (Å²) in [5, 5.41) is 19.4. The van der Waals surface area contributed by atoms with Gasteiger partial charge in [-0.05, 0) is 17.7 Å². The molecule has 1 amide bonds. The monoisotopic (exact) mass is 399 g/mol. The number of halogens is 1. The number of thioether (sulfide) groups is 1. The van der Waals surface area contributed by atoms with Crippen molar-refractivity contribution in [2.24, 2.45) is 10.2 Å². The van der Waals surface area contributed by atoms with E-state index in [-0.39, 0.29) is 12.3 Å². The molecule has 7 nitrogen and oxygen atoms in total. The number of carboxylic acid groups (broad SMARTS) is 1. The highest BCUT2D eigenvalue weighted by molar-refractivity contribution is 9.09. The van der Waals surface area contributed by atoms with Gasteiger partial charge in [0.2, 0.25) is 5.91 Å². The fourth-order valence-electron chi connectivity index (χ4n) is 1.73. The standard InChI is InChI=1S/C14H14BrN3O4S/c15-4-5-22-10-3-1-2-9(6-10)8-16-18-14-17-13(21)11(23-14)7-12(19)20/h1-3,6,8,11H,4-5,7H2,(H,19,20)(H,17,18,21). The second kappa shape index (κ2) is 8.68. The van der Waals surface area contributed by atoms with Gasteiger partial charge >= 0.3 is 5.97 Å². The largest absolute Gasteiger partial charge is 0.493 e. The molecule has 0 spiro atoms. The Morgan fingerprint density at radius 3 is 3.09 bits per heavy atom. The van der Waals surface area contributed by atoms with Gasteiger partial charge in [0.05, 0.1) is 19.2 Å². The van der Waals surface area contributed by atoms with Crippen molar-refractivity contribution in [3.8, 4) is 5.75 Å². The smallest absolute Gasteiger partial charge is 0.305 e. The topological polar surface area (TPSA) is 100 Å². The van der Waals surface area contributed by atoms with Gasteiger partial charge in [-0.2, -0.15) is 5.10 Å². The van der Waals surface area contributed by atoms with E-state index in [1.54, 1.807) is 0 Å². The molecule has 0 aromatic heterocycles. The van der Waals surface area contributed by atoms with Crippen LogP contribution in [0.4, 0.5) is 0 Å². The number of alkyl halides is 1. The minimum absolute atomic E-state index is 0.244.